The van der Waals surface area contributed by atoms with E-state index in [1.54, 1.807) is 19.1 Å². The van der Waals surface area contributed by atoms with Gasteiger partial charge in [-0.3, -0.25) is 0 Å². The van der Waals surface area contributed by atoms with Crippen molar-refractivity contribution in [1.29, 1.82) is 0 Å². The van der Waals surface area contributed by atoms with Crippen molar-refractivity contribution in [3.63, 3.8) is 0 Å². The minimum absolute atomic E-state index is 0.154. The molecule has 5 nitrogen and oxygen atoms in total. The van der Waals surface area contributed by atoms with Gasteiger partial charge in [-0.15, -0.1) is 0 Å². The number of aryl methyl sites for hydroxylation is 1. The van der Waals surface area contributed by atoms with Crippen molar-refractivity contribution in [3.8, 4) is 5.69 Å². The molecule has 100 valence electrons. The Balaban J connectivity index is 2.28. The van der Waals surface area contributed by atoms with Gasteiger partial charge in [0.1, 0.15) is 5.82 Å². The van der Waals surface area contributed by atoms with E-state index in [4.69, 9.17) is 0 Å². The van der Waals surface area contributed by atoms with Gasteiger partial charge in [0, 0.05) is 5.69 Å². The second-order valence-corrected chi connectivity index (χ2v) is 4.39. The molecule has 3 aromatic rings. The van der Waals surface area contributed by atoms with Gasteiger partial charge in [-0.25, -0.2) is 18.9 Å². The molecular weight excluding hydrogens is 261 g/mol. The van der Waals surface area contributed by atoms with E-state index in [-0.39, 0.29) is 11.4 Å². The smallest absolute Gasteiger partial charge is 0.336 e. The number of hydrogen-bond acceptors (Lipinski definition) is 3. The van der Waals surface area contributed by atoms with E-state index >= 15 is 0 Å². The van der Waals surface area contributed by atoms with Crippen LogP contribution >= 0.6 is 0 Å². The highest BCUT2D eigenvalue weighted by Gasteiger charge is 2.15. The molecule has 0 atom stereocenters. The first-order chi connectivity index (χ1) is 9.56. The maximum Gasteiger partial charge on any atom is 0.336 e. The summed E-state index contributed by atoms with van der Waals surface area (Å²) in [6.07, 6.45) is 1.45. The number of carbonyl (C=O) groups is 1. The third-order valence-corrected chi connectivity index (χ3v) is 2.97. The lowest BCUT2D eigenvalue weighted by Gasteiger charge is -2.04. The lowest BCUT2D eigenvalue weighted by Crippen LogP contribution is -2.02. The van der Waals surface area contributed by atoms with E-state index in [0.29, 0.717) is 22.4 Å². The van der Waals surface area contributed by atoms with Crippen LogP contribution in [-0.4, -0.2) is 25.8 Å². The van der Waals surface area contributed by atoms with Gasteiger partial charge in [0.15, 0.2) is 5.65 Å². The van der Waals surface area contributed by atoms with Crippen molar-refractivity contribution in [3.05, 3.63) is 53.6 Å². The Morgan fingerprint density at radius 2 is 2.00 bits per heavy atom. The molecule has 0 aliphatic carbocycles. The summed E-state index contributed by atoms with van der Waals surface area (Å²) >= 11 is 0. The molecule has 0 aliphatic rings. The van der Waals surface area contributed by atoms with Gasteiger partial charge in [-0.1, -0.05) is 0 Å². The average molecular weight is 271 g/mol. The van der Waals surface area contributed by atoms with Crippen LogP contribution in [0.5, 0.6) is 0 Å². The van der Waals surface area contributed by atoms with Crippen LogP contribution in [-0.2, 0) is 0 Å². The number of rotatable bonds is 2. The first-order valence-electron chi connectivity index (χ1n) is 5.91. The molecule has 1 N–H and O–H groups in total. The largest absolute Gasteiger partial charge is 0.478 e. The van der Waals surface area contributed by atoms with Crippen LogP contribution in [0.2, 0.25) is 0 Å². The Morgan fingerprint density at radius 1 is 1.30 bits per heavy atom. The summed E-state index contributed by atoms with van der Waals surface area (Å²) in [5, 5.41) is 13.8. The van der Waals surface area contributed by atoms with Gasteiger partial charge in [-0.2, -0.15) is 5.10 Å². The molecule has 0 aliphatic heterocycles. The first kappa shape index (κ1) is 12.3. The Kier molecular flexibility index (Phi) is 2.71. The predicted molar refractivity (Wildman–Crippen MR) is 70.5 cm³/mol. The second-order valence-electron chi connectivity index (χ2n) is 4.39. The lowest BCUT2D eigenvalue weighted by molar-refractivity contribution is 0.0699. The highest BCUT2D eigenvalue weighted by atomic mass is 19.1. The first-order valence-corrected chi connectivity index (χ1v) is 5.91. The Labute approximate surface area is 113 Å². The molecule has 0 amide bonds. The minimum atomic E-state index is -1.03. The number of hydrogen-bond donors (Lipinski definition) is 1. The minimum Gasteiger partial charge on any atom is -0.478 e. The SMILES string of the molecule is Cc1cc(C(=O)O)c2cnn(-c3ccc(F)cc3)c2n1. The molecule has 0 unspecified atom stereocenters. The molecule has 0 spiro atoms. The fraction of sp³-hybridized carbons (Fsp3) is 0.0714. The third-order valence-electron chi connectivity index (χ3n) is 2.97. The zero-order valence-corrected chi connectivity index (χ0v) is 10.5. The van der Waals surface area contributed by atoms with Crippen LogP contribution in [0.4, 0.5) is 4.39 Å². The number of aromatic carboxylic acids is 1. The molecule has 20 heavy (non-hydrogen) atoms. The lowest BCUT2D eigenvalue weighted by atomic mass is 10.1. The molecule has 2 heterocycles. The number of carboxylic acids is 1. The van der Waals surface area contributed by atoms with Crippen molar-refractivity contribution in [1.82, 2.24) is 14.8 Å². The van der Waals surface area contributed by atoms with Crippen molar-refractivity contribution in [2.24, 2.45) is 0 Å². The van der Waals surface area contributed by atoms with Gasteiger partial charge in [0.05, 0.1) is 22.8 Å². The Morgan fingerprint density at radius 3 is 2.65 bits per heavy atom. The van der Waals surface area contributed by atoms with E-state index in [2.05, 4.69) is 10.1 Å². The van der Waals surface area contributed by atoms with Crippen LogP contribution in [0.1, 0.15) is 16.1 Å². The maximum atomic E-state index is 13.0. The van der Waals surface area contributed by atoms with E-state index < -0.39 is 5.97 Å². The summed E-state index contributed by atoms with van der Waals surface area (Å²) < 4.78 is 14.4. The topological polar surface area (TPSA) is 68.0 Å². The number of carboxylic acid groups (broad SMARTS) is 1. The normalized spacial score (nSPS) is 10.9. The van der Waals surface area contributed by atoms with Crippen LogP contribution in [0.15, 0.2) is 36.5 Å². The number of nitrogens with zero attached hydrogens (tertiary/aromatic N) is 3. The number of pyridine rings is 1. The van der Waals surface area contributed by atoms with Crippen LogP contribution in [0.25, 0.3) is 16.7 Å². The summed E-state index contributed by atoms with van der Waals surface area (Å²) in [7, 11) is 0. The van der Waals surface area contributed by atoms with E-state index in [1.165, 1.54) is 29.1 Å². The summed E-state index contributed by atoms with van der Waals surface area (Å²) in [5.41, 5.74) is 1.80. The zero-order chi connectivity index (χ0) is 14.3. The van der Waals surface area contributed by atoms with E-state index in [9.17, 15) is 14.3 Å². The monoisotopic (exact) mass is 271 g/mol. The Bertz CT molecular complexity index is 809. The van der Waals surface area contributed by atoms with Gasteiger partial charge < -0.3 is 5.11 Å². The highest BCUT2D eigenvalue weighted by Crippen LogP contribution is 2.21. The number of halogens is 1. The van der Waals surface area contributed by atoms with Gasteiger partial charge >= 0.3 is 5.97 Å². The molecule has 0 radical (unpaired) electrons. The van der Waals surface area contributed by atoms with Crippen molar-refractivity contribution in [2.45, 2.75) is 6.92 Å². The predicted octanol–water partition coefficient (Wildman–Crippen LogP) is 2.57. The summed E-state index contributed by atoms with van der Waals surface area (Å²) in [6.45, 7) is 1.72. The van der Waals surface area contributed by atoms with Crippen molar-refractivity contribution >= 4 is 17.0 Å². The molecule has 0 saturated carbocycles. The molecule has 1 aromatic carbocycles. The van der Waals surface area contributed by atoms with Crippen LogP contribution in [0, 0.1) is 12.7 Å². The average Bonchev–Trinajstić information content (AvgIpc) is 2.82. The second kappa shape index (κ2) is 4.41. The fourth-order valence-corrected chi connectivity index (χ4v) is 2.07. The molecule has 2 aromatic heterocycles. The van der Waals surface area contributed by atoms with Crippen LogP contribution in [0.3, 0.4) is 0 Å². The molecule has 3 rings (SSSR count). The molecule has 0 fully saturated rings. The highest BCUT2D eigenvalue weighted by molar-refractivity contribution is 6.01. The zero-order valence-electron chi connectivity index (χ0n) is 10.5. The van der Waals surface area contributed by atoms with Crippen LogP contribution < -0.4 is 0 Å². The molecule has 6 heteroatoms. The van der Waals surface area contributed by atoms with Crippen molar-refractivity contribution in [2.75, 3.05) is 0 Å². The van der Waals surface area contributed by atoms with Crippen molar-refractivity contribution < 1.29 is 14.3 Å². The maximum absolute atomic E-state index is 13.0. The quantitative estimate of drug-likeness (QED) is 0.777. The third kappa shape index (κ3) is 1.91. The number of fused-ring (bicyclic) bond motifs is 1. The molecule has 0 bridgehead atoms. The molecule has 0 saturated heterocycles. The van der Waals surface area contributed by atoms with E-state index in [0.717, 1.165) is 0 Å². The summed E-state index contributed by atoms with van der Waals surface area (Å²) in [6, 6.07) is 7.26. The van der Waals surface area contributed by atoms with Gasteiger partial charge in [0.2, 0.25) is 0 Å². The summed E-state index contributed by atoms with van der Waals surface area (Å²) in [4.78, 5) is 15.6. The fourth-order valence-electron chi connectivity index (χ4n) is 2.07. The standard InChI is InChI=1S/C14H10FN3O2/c1-8-6-11(14(19)20)12-7-16-18(13(12)17-8)10-4-2-9(15)3-5-10/h2-7H,1H3,(H,19,20). The molecular formula is C14H10FN3O2. The number of benzene rings is 1. The van der Waals surface area contributed by atoms with E-state index in [1.807, 2.05) is 0 Å². The number of aromatic nitrogens is 3. The van der Waals surface area contributed by atoms with Gasteiger partial charge in [-0.05, 0) is 37.3 Å². The summed E-state index contributed by atoms with van der Waals surface area (Å²) in [5.74, 6) is -1.38. The Hall–Kier alpha value is -2.76. The van der Waals surface area contributed by atoms with Gasteiger partial charge in [0.25, 0.3) is 0 Å².